The van der Waals surface area contributed by atoms with Crippen LogP contribution in [0.4, 0.5) is 0 Å². The van der Waals surface area contributed by atoms with E-state index in [-0.39, 0.29) is 5.91 Å². The average molecular weight is 388 g/mol. The summed E-state index contributed by atoms with van der Waals surface area (Å²) in [5.74, 6) is 1.11. The van der Waals surface area contributed by atoms with Gasteiger partial charge >= 0.3 is 0 Å². The molecule has 0 aliphatic rings. The second kappa shape index (κ2) is 8.61. The lowest BCUT2D eigenvalue weighted by Gasteiger charge is -2.06. The van der Waals surface area contributed by atoms with E-state index in [1.807, 2.05) is 68.7 Å². The SMILES string of the molecule is Cc1oc(-n2c(C)cc(/C=N\NC(=O)CCc3ccccc3)c2C)c(C#N)c1C. The van der Waals surface area contributed by atoms with E-state index < -0.39 is 0 Å². The maximum absolute atomic E-state index is 12.0. The van der Waals surface area contributed by atoms with E-state index in [0.717, 1.165) is 33.8 Å². The first-order valence-corrected chi connectivity index (χ1v) is 9.47. The minimum Gasteiger partial charge on any atom is -0.443 e. The summed E-state index contributed by atoms with van der Waals surface area (Å²) >= 11 is 0. The molecule has 0 aliphatic carbocycles. The first kappa shape index (κ1) is 20.2. The molecular formula is C23H24N4O2. The van der Waals surface area contributed by atoms with E-state index in [1.165, 1.54) is 0 Å². The minimum absolute atomic E-state index is 0.136. The third-order valence-corrected chi connectivity index (χ3v) is 5.03. The lowest BCUT2D eigenvalue weighted by Crippen LogP contribution is -2.17. The Bertz CT molecular complexity index is 1100. The van der Waals surface area contributed by atoms with Crippen molar-refractivity contribution in [1.29, 1.82) is 5.26 Å². The van der Waals surface area contributed by atoms with Gasteiger partial charge in [-0.2, -0.15) is 10.4 Å². The summed E-state index contributed by atoms with van der Waals surface area (Å²) in [4.78, 5) is 12.0. The van der Waals surface area contributed by atoms with Crippen molar-refractivity contribution in [2.75, 3.05) is 0 Å². The normalized spacial score (nSPS) is 11.0. The Morgan fingerprint density at radius 2 is 1.97 bits per heavy atom. The van der Waals surface area contributed by atoms with Crippen LogP contribution in [0.1, 0.15) is 45.8 Å². The third kappa shape index (κ3) is 4.30. The average Bonchev–Trinajstić information content (AvgIpc) is 3.15. The van der Waals surface area contributed by atoms with Gasteiger partial charge in [0.25, 0.3) is 0 Å². The van der Waals surface area contributed by atoms with Crippen LogP contribution < -0.4 is 5.43 Å². The molecule has 0 bridgehead atoms. The number of hydrogen-bond donors (Lipinski definition) is 1. The zero-order chi connectivity index (χ0) is 21.0. The molecule has 0 spiro atoms. The minimum atomic E-state index is -0.136. The van der Waals surface area contributed by atoms with Crippen LogP contribution in [0.25, 0.3) is 5.88 Å². The van der Waals surface area contributed by atoms with Crippen molar-refractivity contribution >= 4 is 12.1 Å². The van der Waals surface area contributed by atoms with Crippen LogP contribution in [0.2, 0.25) is 0 Å². The predicted molar refractivity (Wildman–Crippen MR) is 112 cm³/mol. The van der Waals surface area contributed by atoms with Crippen molar-refractivity contribution in [3.8, 4) is 12.0 Å². The highest BCUT2D eigenvalue weighted by Crippen LogP contribution is 2.28. The zero-order valence-electron chi connectivity index (χ0n) is 17.1. The van der Waals surface area contributed by atoms with Crippen LogP contribution in [-0.4, -0.2) is 16.7 Å². The molecule has 3 rings (SSSR count). The van der Waals surface area contributed by atoms with Gasteiger partial charge in [0.05, 0.1) is 6.21 Å². The Kier molecular flexibility index (Phi) is 5.99. The molecule has 0 unspecified atom stereocenters. The number of carbonyl (C=O) groups is 1. The highest BCUT2D eigenvalue weighted by atomic mass is 16.4. The number of furan rings is 1. The fourth-order valence-corrected chi connectivity index (χ4v) is 3.26. The van der Waals surface area contributed by atoms with Crippen molar-refractivity contribution in [2.45, 2.75) is 40.5 Å². The van der Waals surface area contributed by atoms with Crippen molar-refractivity contribution in [2.24, 2.45) is 5.10 Å². The molecule has 1 aromatic carbocycles. The summed E-state index contributed by atoms with van der Waals surface area (Å²) in [6, 6.07) is 14.0. The van der Waals surface area contributed by atoms with E-state index in [2.05, 4.69) is 16.6 Å². The van der Waals surface area contributed by atoms with Gasteiger partial charge in [-0.1, -0.05) is 30.3 Å². The first-order valence-electron chi connectivity index (χ1n) is 9.47. The van der Waals surface area contributed by atoms with Gasteiger partial charge in [0.15, 0.2) is 0 Å². The number of rotatable bonds is 6. The number of nitrogens with one attached hydrogen (secondary N) is 1. The third-order valence-electron chi connectivity index (χ3n) is 5.03. The highest BCUT2D eigenvalue weighted by molar-refractivity contribution is 5.84. The zero-order valence-corrected chi connectivity index (χ0v) is 17.1. The molecule has 1 N–H and O–H groups in total. The summed E-state index contributed by atoms with van der Waals surface area (Å²) in [5.41, 5.74) is 7.72. The summed E-state index contributed by atoms with van der Waals surface area (Å²) < 4.78 is 7.74. The lowest BCUT2D eigenvalue weighted by molar-refractivity contribution is -0.121. The van der Waals surface area contributed by atoms with Crippen LogP contribution in [0.3, 0.4) is 0 Å². The summed E-state index contributed by atoms with van der Waals surface area (Å²) in [6.07, 6.45) is 2.66. The number of amides is 1. The Balaban J connectivity index is 1.71. The number of aromatic nitrogens is 1. The van der Waals surface area contributed by atoms with Crippen molar-refractivity contribution in [3.05, 3.63) is 75.8 Å². The molecule has 148 valence electrons. The summed E-state index contributed by atoms with van der Waals surface area (Å²) in [5, 5.41) is 13.6. The molecule has 3 aromatic rings. The molecule has 0 fully saturated rings. The quantitative estimate of drug-likeness (QED) is 0.506. The largest absolute Gasteiger partial charge is 0.443 e. The van der Waals surface area contributed by atoms with Gasteiger partial charge in [-0.25, -0.2) is 5.43 Å². The Labute approximate surface area is 170 Å². The van der Waals surface area contributed by atoms with Crippen molar-refractivity contribution in [1.82, 2.24) is 9.99 Å². The Morgan fingerprint density at radius 3 is 2.66 bits per heavy atom. The maximum atomic E-state index is 12.0. The van der Waals surface area contributed by atoms with Gasteiger partial charge in [0.1, 0.15) is 17.4 Å². The van der Waals surface area contributed by atoms with E-state index >= 15 is 0 Å². The molecular weight excluding hydrogens is 364 g/mol. The molecule has 6 nitrogen and oxygen atoms in total. The second-order valence-corrected chi connectivity index (χ2v) is 7.02. The van der Waals surface area contributed by atoms with E-state index in [9.17, 15) is 10.1 Å². The van der Waals surface area contributed by atoms with E-state index in [4.69, 9.17) is 4.42 Å². The summed E-state index contributed by atoms with van der Waals surface area (Å²) in [7, 11) is 0. The molecule has 2 heterocycles. The number of aryl methyl sites for hydroxylation is 3. The van der Waals surface area contributed by atoms with Crippen molar-refractivity contribution in [3.63, 3.8) is 0 Å². The molecule has 0 atom stereocenters. The van der Waals surface area contributed by atoms with Gasteiger partial charge in [-0.05, 0) is 45.7 Å². The Morgan fingerprint density at radius 1 is 1.24 bits per heavy atom. The second-order valence-electron chi connectivity index (χ2n) is 7.02. The maximum Gasteiger partial charge on any atom is 0.240 e. The number of hydrogen-bond acceptors (Lipinski definition) is 4. The Hall–Kier alpha value is -3.59. The topological polar surface area (TPSA) is 83.3 Å². The lowest BCUT2D eigenvalue weighted by atomic mass is 10.1. The van der Waals surface area contributed by atoms with Crippen LogP contribution in [0.5, 0.6) is 0 Å². The fourth-order valence-electron chi connectivity index (χ4n) is 3.26. The number of carbonyl (C=O) groups excluding carboxylic acids is 1. The monoisotopic (exact) mass is 388 g/mol. The summed E-state index contributed by atoms with van der Waals surface area (Å²) in [6.45, 7) is 7.60. The molecule has 2 aromatic heterocycles. The molecule has 29 heavy (non-hydrogen) atoms. The van der Waals surface area contributed by atoms with Gasteiger partial charge < -0.3 is 4.42 Å². The van der Waals surface area contributed by atoms with Crippen LogP contribution >= 0.6 is 0 Å². The van der Waals surface area contributed by atoms with Gasteiger partial charge in [0.2, 0.25) is 11.8 Å². The van der Waals surface area contributed by atoms with Crippen LogP contribution in [0, 0.1) is 39.0 Å². The molecule has 1 amide bonds. The smallest absolute Gasteiger partial charge is 0.240 e. The fraction of sp³-hybridized carbons (Fsp3) is 0.261. The number of hydrazone groups is 1. The van der Waals surface area contributed by atoms with E-state index in [1.54, 1.807) is 6.21 Å². The number of benzene rings is 1. The predicted octanol–water partition coefficient (Wildman–Crippen LogP) is 4.26. The van der Waals surface area contributed by atoms with E-state index in [0.29, 0.717) is 24.3 Å². The van der Waals surface area contributed by atoms with Crippen LogP contribution in [-0.2, 0) is 11.2 Å². The first-order chi connectivity index (χ1) is 13.9. The molecule has 0 aliphatic heterocycles. The van der Waals surface area contributed by atoms with Gasteiger partial charge in [0, 0.05) is 28.9 Å². The van der Waals surface area contributed by atoms with Gasteiger partial charge in [-0.15, -0.1) is 0 Å². The van der Waals surface area contributed by atoms with Gasteiger partial charge in [-0.3, -0.25) is 9.36 Å². The molecule has 0 saturated heterocycles. The standard InChI is InChI=1S/C23H24N4O2/c1-15-12-20(14-25-26-22(28)11-10-19-8-6-5-7-9-19)17(3)27(15)23-21(13-24)16(2)18(4)29-23/h5-9,12,14H,10-11H2,1-4H3,(H,26,28)/b25-14-. The van der Waals surface area contributed by atoms with Crippen LogP contribution in [0.15, 0.2) is 45.9 Å². The molecule has 0 saturated carbocycles. The molecule has 0 radical (unpaired) electrons. The molecule has 6 heteroatoms. The number of nitriles is 1. The highest BCUT2D eigenvalue weighted by Gasteiger charge is 2.20. The van der Waals surface area contributed by atoms with Crippen molar-refractivity contribution < 1.29 is 9.21 Å². The number of nitrogens with zero attached hydrogens (tertiary/aromatic N) is 3.